The maximum Gasteiger partial charge on any atom is 0.327 e. The number of carbonyl (C=O) groups excluding carboxylic acids is 2. The number of carboxylic acids is 1. The summed E-state index contributed by atoms with van der Waals surface area (Å²) in [6.45, 7) is 5.12. The molecule has 10 heteroatoms. The van der Waals surface area contributed by atoms with Gasteiger partial charge in [-0.1, -0.05) is 12.1 Å². The Bertz CT molecular complexity index is 840. The molecule has 2 fully saturated rings. The van der Waals surface area contributed by atoms with Gasteiger partial charge in [-0.25, -0.2) is 4.79 Å². The van der Waals surface area contributed by atoms with Gasteiger partial charge in [0.1, 0.15) is 17.0 Å². The van der Waals surface area contributed by atoms with E-state index in [-0.39, 0.29) is 12.1 Å². The lowest BCUT2D eigenvalue weighted by molar-refractivity contribution is -0.384. The number of hydrogen-bond acceptors (Lipinski definition) is 6. The molecule has 2 saturated heterocycles. The van der Waals surface area contributed by atoms with Crippen molar-refractivity contribution < 1.29 is 24.4 Å². The second-order valence-electron chi connectivity index (χ2n) is 7.38. The van der Waals surface area contributed by atoms with Gasteiger partial charge in [0.2, 0.25) is 5.91 Å². The van der Waals surface area contributed by atoms with Crippen LogP contribution in [0.5, 0.6) is 0 Å². The summed E-state index contributed by atoms with van der Waals surface area (Å²) in [5.74, 6) is -1.89. The Morgan fingerprint density at radius 2 is 1.89 bits per heavy atom. The SMILES string of the molecule is CC1(C)S[C@H]2N(C(=O)[C@]2(C)NC(=O)Cc2ccc([N+](=O)[O-])cc2)[C@H]1C(=O)O. The van der Waals surface area contributed by atoms with Gasteiger partial charge < -0.3 is 15.3 Å². The number of amides is 2. The molecular weight excluding hydrogens is 374 g/mol. The van der Waals surface area contributed by atoms with E-state index in [1.807, 2.05) is 0 Å². The van der Waals surface area contributed by atoms with Crippen LogP contribution in [0.2, 0.25) is 0 Å². The summed E-state index contributed by atoms with van der Waals surface area (Å²) < 4.78 is -0.674. The molecule has 0 spiro atoms. The van der Waals surface area contributed by atoms with Crippen LogP contribution in [-0.2, 0) is 20.8 Å². The van der Waals surface area contributed by atoms with Gasteiger partial charge >= 0.3 is 5.97 Å². The quantitative estimate of drug-likeness (QED) is 0.436. The minimum atomic E-state index is -1.18. The Morgan fingerprint density at radius 3 is 2.41 bits per heavy atom. The van der Waals surface area contributed by atoms with Crippen molar-refractivity contribution in [3.8, 4) is 0 Å². The van der Waals surface area contributed by atoms with Crippen molar-refractivity contribution >= 4 is 35.2 Å². The lowest BCUT2D eigenvalue weighted by Gasteiger charge is -2.51. The van der Waals surface area contributed by atoms with Gasteiger partial charge in [0, 0.05) is 16.9 Å². The molecular formula is C17H19N3O6S. The normalized spacial score (nSPS) is 28.3. The number of nitrogens with zero attached hydrogens (tertiary/aromatic N) is 2. The second-order valence-corrected chi connectivity index (χ2v) is 9.11. The first kappa shape index (κ1) is 19.2. The molecule has 2 aliphatic heterocycles. The van der Waals surface area contributed by atoms with Crippen molar-refractivity contribution in [3.05, 3.63) is 39.9 Å². The van der Waals surface area contributed by atoms with E-state index < -0.39 is 44.4 Å². The number of thioether (sulfide) groups is 1. The summed E-state index contributed by atoms with van der Waals surface area (Å²) in [4.78, 5) is 48.1. The fourth-order valence-electron chi connectivity index (χ4n) is 3.59. The van der Waals surface area contributed by atoms with Crippen LogP contribution < -0.4 is 5.32 Å². The number of carboxylic acid groups (broad SMARTS) is 1. The van der Waals surface area contributed by atoms with E-state index in [0.717, 1.165) is 0 Å². The van der Waals surface area contributed by atoms with Crippen LogP contribution in [0.15, 0.2) is 24.3 Å². The average Bonchev–Trinajstić information content (AvgIpc) is 2.84. The molecule has 2 aliphatic rings. The number of β-lactam (4-membered cyclic amide) rings is 1. The van der Waals surface area contributed by atoms with Crippen LogP contribution in [0.4, 0.5) is 5.69 Å². The van der Waals surface area contributed by atoms with Crippen molar-refractivity contribution in [2.24, 2.45) is 0 Å². The number of rotatable bonds is 5. The first-order valence-corrected chi connectivity index (χ1v) is 9.13. The third-order valence-electron chi connectivity index (χ3n) is 4.92. The first-order valence-electron chi connectivity index (χ1n) is 8.25. The molecule has 2 N–H and O–H groups in total. The van der Waals surface area contributed by atoms with E-state index in [2.05, 4.69) is 5.32 Å². The second kappa shape index (κ2) is 6.22. The molecule has 0 radical (unpaired) electrons. The Hall–Kier alpha value is -2.62. The molecule has 27 heavy (non-hydrogen) atoms. The Balaban J connectivity index is 1.70. The number of non-ortho nitro benzene ring substituents is 1. The average molecular weight is 393 g/mol. The molecule has 3 atom stereocenters. The number of fused-ring (bicyclic) bond motifs is 1. The molecule has 0 unspecified atom stereocenters. The van der Waals surface area contributed by atoms with Crippen molar-refractivity contribution in [2.45, 2.75) is 48.9 Å². The standard InChI is InChI=1S/C17H19N3O6S/c1-16(2)12(13(22)23)19-14(24)17(3,15(19)27-16)18-11(21)8-9-4-6-10(7-5-9)20(25)26/h4-7,12,15H,8H2,1-3H3,(H,18,21)(H,22,23)/t12-,15+,17-/m0/s1. The highest BCUT2D eigenvalue weighted by atomic mass is 32.2. The minimum Gasteiger partial charge on any atom is -0.480 e. The maximum absolute atomic E-state index is 12.6. The van der Waals surface area contributed by atoms with Crippen molar-refractivity contribution in [2.75, 3.05) is 0 Å². The summed E-state index contributed by atoms with van der Waals surface area (Å²) in [6.07, 6.45) is -0.0377. The number of nitro benzene ring substituents is 1. The van der Waals surface area contributed by atoms with Crippen molar-refractivity contribution in [1.29, 1.82) is 0 Å². The largest absolute Gasteiger partial charge is 0.480 e. The van der Waals surface area contributed by atoms with Crippen LogP contribution >= 0.6 is 11.8 Å². The summed E-state index contributed by atoms with van der Waals surface area (Å²) in [7, 11) is 0. The van der Waals surface area contributed by atoms with Crippen molar-refractivity contribution in [1.82, 2.24) is 10.2 Å². The van der Waals surface area contributed by atoms with E-state index in [1.165, 1.54) is 40.9 Å². The zero-order chi connectivity index (χ0) is 20.1. The van der Waals surface area contributed by atoms with Gasteiger partial charge in [-0.2, -0.15) is 0 Å². The van der Waals surface area contributed by atoms with Crippen LogP contribution in [0, 0.1) is 10.1 Å². The highest BCUT2D eigenvalue weighted by molar-refractivity contribution is 8.01. The predicted molar refractivity (Wildman–Crippen MR) is 97.1 cm³/mol. The van der Waals surface area contributed by atoms with Crippen LogP contribution in [0.3, 0.4) is 0 Å². The molecule has 3 rings (SSSR count). The van der Waals surface area contributed by atoms with E-state index in [4.69, 9.17) is 0 Å². The molecule has 0 saturated carbocycles. The van der Waals surface area contributed by atoms with Crippen molar-refractivity contribution in [3.63, 3.8) is 0 Å². The Labute approximate surface area is 159 Å². The number of benzene rings is 1. The molecule has 0 aromatic heterocycles. The molecule has 2 amide bonds. The van der Waals surface area contributed by atoms with Crippen LogP contribution in [0.1, 0.15) is 26.3 Å². The zero-order valence-corrected chi connectivity index (χ0v) is 15.8. The molecule has 1 aromatic rings. The molecule has 0 aliphatic carbocycles. The summed E-state index contributed by atoms with van der Waals surface area (Å²) in [6, 6.07) is 4.66. The van der Waals surface area contributed by atoms with Gasteiger partial charge in [-0.05, 0) is 26.3 Å². The fraction of sp³-hybridized carbons (Fsp3) is 0.471. The third kappa shape index (κ3) is 3.03. The van der Waals surface area contributed by atoms with E-state index in [9.17, 15) is 29.6 Å². The van der Waals surface area contributed by atoms with Gasteiger partial charge in [0.15, 0.2) is 0 Å². The number of aliphatic carboxylic acids is 1. The number of nitrogens with one attached hydrogen (secondary N) is 1. The molecule has 0 bridgehead atoms. The molecule has 144 valence electrons. The highest BCUT2D eigenvalue weighted by Gasteiger charge is 2.69. The van der Waals surface area contributed by atoms with E-state index in [1.54, 1.807) is 20.8 Å². The van der Waals surface area contributed by atoms with Gasteiger partial charge in [0.05, 0.1) is 11.3 Å². The summed E-state index contributed by atoms with van der Waals surface area (Å²) in [5, 5.41) is 22.4. The molecule has 1 aromatic carbocycles. The van der Waals surface area contributed by atoms with E-state index >= 15 is 0 Å². The summed E-state index contributed by atoms with van der Waals surface area (Å²) >= 11 is 1.35. The smallest absolute Gasteiger partial charge is 0.327 e. The monoisotopic (exact) mass is 393 g/mol. The van der Waals surface area contributed by atoms with Gasteiger partial charge in [-0.15, -0.1) is 11.8 Å². The van der Waals surface area contributed by atoms with Crippen LogP contribution in [-0.4, -0.2) is 54.4 Å². The molecule has 9 nitrogen and oxygen atoms in total. The minimum absolute atomic E-state index is 0.0377. The summed E-state index contributed by atoms with van der Waals surface area (Å²) in [5.41, 5.74) is -0.669. The Kier molecular flexibility index (Phi) is 4.41. The lowest BCUT2D eigenvalue weighted by Crippen LogP contribution is -2.78. The predicted octanol–water partition coefficient (Wildman–Crippen LogP) is 1.16. The van der Waals surface area contributed by atoms with Gasteiger partial charge in [-0.3, -0.25) is 19.7 Å². The fourth-order valence-corrected chi connectivity index (χ4v) is 5.24. The van der Waals surface area contributed by atoms with E-state index in [0.29, 0.717) is 5.56 Å². The van der Waals surface area contributed by atoms with Gasteiger partial charge in [0.25, 0.3) is 11.6 Å². The topological polar surface area (TPSA) is 130 Å². The van der Waals surface area contributed by atoms with Crippen LogP contribution in [0.25, 0.3) is 0 Å². The number of carbonyl (C=O) groups is 3. The highest BCUT2D eigenvalue weighted by Crippen LogP contribution is 2.54. The maximum atomic E-state index is 12.6. The number of nitro groups is 1. The Morgan fingerprint density at radius 1 is 1.30 bits per heavy atom. The lowest BCUT2D eigenvalue weighted by atomic mass is 9.86. The number of hydrogen-bond donors (Lipinski definition) is 2. The zero-order valence-electron chi connectivity index (χ0n) is 15.0. The molecule has 2 heterocycles. The third-order valence-corrected chi connectivity index (χ3v) is 6.67. The first-order chi connectivity index (χ1) is 12.5.